The predicted octanol–water partition coefficient (Wildman–Crippen LogP) is 4.71. The molecule has 21 heavy (non-hydrogen) atoms. The Morgan fingerprint density at radius 1 is 1.38 bits per heavy atom. The molecule has 1 saturated heterocycles. The Morgan fingerprint density at radius 2 is 2.19 bits per heavy atom. The summed E-state index contributed by atoms with van der Waals surface area (Å²) in [6, 6.07) is 3.96. The van der Waals surface area contributed by atoms with E-state index in [1.165, 1.54) is 24.8 Å². The van der Waals surface area contributed by atoms with E-state index in [-0.39, 0.29) is 6.09 Å². The monoisotopic (exact) mass is 305 g/mol. The van der Waals surface area contributed by atoms with E-state index in [0.29, 0.717) is 10.5 Å². The summed E-state index contributed by atoms with van der Waals surface area (Å²) < 4.78 is 7.15. The number of ether oxygens (including phenoxy) is 1. The van der Waals surface area contributed by atoms with Crippen LogP contribution in [0.1, 0.15) is 52.1 Å². The second-order valence-electron chi connectivity index (χ2n) is 6.87. The van der Waals surface area contributed by atoms with Crippen LogP contribution in [0.15, 0.2) is 24.4 Å². The van der Waals surface area contributed by atoms with E-state index < -0.39 is 5.60 Å². The second-order valence-corrected chi connectivity index (χ2v) is 8.41. The molecule has 0 aliphatic carbocycles. The maximum atomic E-state index is 12.3. The van der Waals surface area contributed by atoms with E-state index in [1.807, 2.05) is 39.1 Å². The average Bonchev–Trinajstić information content (AvgIpc) is 2.85. The molecule has 2 aliphatic heterocycles. The first-order valence-corrected chi connectivity index (χ1v) is 8.64. The molecule has 0 aromatic carbocycles. The van der Waals surface area contributed by atoms with E-state index in [9.17, 15) is 4.79 Å². The van der Waals surface area contributed by atoms with E-state index in [4.69, 9.17) is 4.74 Å². The van der Waals surface area contributed by atoms with E-state index in [2.05, 4.69) is 17.8 Å². The van der Waals surface area contributed by atoms with E-state index >= 15 is 0 Å². The van der Waals surface area contributed by atoms with Gasteiger partial charge in [0.15, 0.2) is 0 Å². The van der Waals surface area contributed by atoms with Gasteiger partial charge in [-0.1, -0.05) is 12.5 Å². The van der Waals surface area contributed by atoms with Gasteiger partial charge < -0.3 is 4.74 Å². The number of hydrogen-bond donors (Lipinski definition) is 0. The minimum atomic E-state index is -0.466. The van der Waals surface area contributed by atoms with Crippen molar-refractivity contribution in [2.75, 3.05) is 0 Å². The van der Waals surface area contributed by atoms with Crippen molar-refractivity contribution in [3.05, 3.63) is 30.1 Å². The minimum Gasteiger partial charge on any atom is -0.443 e. The maximum Gasteiger partial charge on any atom is 0.418 e. The van der Waals surface area contributed by atoms with Crippen LogP contribution in [-0.2, 0) is 4.74 Å². The lowest BCUT2D eigenvalue weighted by molar-refractivity contribution is 0.0536. The summed E-state index contributed by atoms with van der Waals surface area (Å²) in [5, 5.41) is 1.33. The average molecular weight is 305 g/mol. The van der Waals surface area contributed by atoms with Crippen molar-refractivity contribution < 1.29 is 9.53 Å². The van der Waals surface area contributed by atoms with Crippen LogP contribution in [0.3, 0.4) is 0 Å². The normalized spacial score (nSPS) is 25.4. The zero-order valence-corrected chi connectivity index (χ0v) is 13.8. The van der Waals surface area contributed by atoms with Crippen molar-refractivity contribution in [2.24, 2.45) is 0 Å². The summed E-state index contributed by atoms with van der Waals surface area (Å²) in [5.74, 6) is 0. The molecule has 2 aliphatic rings. The van der Waals surface area contributed by atoms with Crippen LogP contribution in [0.4, 0.5) is 4.79 Å². The molecule has 1 aromatic heterocycles. The van der Waals surface area contributed by atoms with E-state index in [1.54, 1.807) is 4.57 Å². The number of nitrogens with zero attached hydrogens (tertiary/aromatic N) is 1. The first-order valence-electron chi connectivity index (χ1n) is 7.69. The molecule has 0 amide bonds. The smallest absolute Gasteiger partial charge is 0.418 e. The summed E-state index contributed by atoms with van der Waals surface area (Å²) in [6.45, 7) is 5.69. The highest BCUT2D eigenvalue weighted by molar-refractivity contribution is 8.00. The number of hydrogen-bond acceptors (Lipinski definition) is 3. The Hall–Kier alpha value is -1.16. The van der Waals surface area contributed by atoms with Crippen molar-refractivity contribution >= 4 is 23.4 Å². The number of allylic oxidation sites excluding steroid dienone is 1. The van der Waals surface area contributed by atoms with Crippen molar-refractivity contribution in [1.82, 2.24) is 4.57 Å². The summed E-state index contributed by atoms with van der Waals surface area (Å²) in [7, 11) is 0. The van der Waals surface area contributed by atoms with E-state index in [0.717, 1.165) is 12.1 Å². The fourth-order valence-electron chi connectivity index (χ4n) is 3.04. The lowest BCUT2D eigenvalue weighted by atomic mass is 9.96. The van der Waals surface area contributed by atoms with Crippen LogP contribution in [-0.4, -0.2) is 26.8 Å². The molecule has 2 unspecified atom stereocenters. The number of fused-ring (bicyclic) bond motifs is 2. The van der Waals surface area contributed by atoms with Gasteiger partial charge in [-0.25, -0.2) is 4.79 Å². The largest absolute Gasteiger partial charge is 0.443 e. The van der Waals surface area contributed by atoms with Crippen LogP contribution >= 0.6 is 11.8 Å². The standard InChI is InChI=1S/C17H23NO2S/c1-17(2,3)20-16(19)18-9-5-8-15(18)12-10-13-6-4-7-14(11-12)21-13/h5,8-10,13-14H,4,6-7,11H2,1-3H3. The molecule has 0 N–H and O–H groups in total. The molecule has 0 radical (unpaired) electrons. The predicted molar refractivity (Wildman–Crippen MR) is 87.7 cm³/mol. The molecule has 1 aromatic rings. The Balaban J connectivity index is 1.85. The summed E-state index contributed by atoms with van der Waals surface area (Å²) in [4.78, 5) is 12.3. The van der Waals surface area contributed by atoms with Gasteiger partial charge in [-0.3, -0.25) is 4.57 Å². The summed E-state index contributed by atoms with van der Waals surface area (Å²) >= 11 is 2.10. The number of aromatic nitrogens is 1. The third-order valence-corrected chi connectivity index (χ3v) is 5.39. The topological polar surface area (TPSA) is 31.2 Å². The van der Waals surface area contributed by atoms with Gasteiger partial charge in [0.1, 0.15) is 5.60 Å². The highest BCUT2D eigenvalue weighted by atomic mass is 32.2. The zero-order chi connectivity index (χ0) is 15.0. The second kappa shape index (κ2) is 5.56. The van der Waals surface area contributed by atoms with Crippen molar-refractivity contribution in [1.29, 1.82) is 0 Å². The van der Waals surface area contributed by atoms with Crippen LogP contribution in [0.2, 0.25) is 0 Å². The van der Waals surface area contributed by atoms with Gasteiger partial charge in [0.25, 0.3) is 0 Å². The molecule has 4 heteroatoms. The number of carbonyl (C=O) groups excluding carboxylic acids is 1. The van der Waals surface area contributed by atoms with Crippen molar-refractivity contribution in [3.63, 3.8) is 0 Å². The zero-order valence-electron chi connectivity index (χ0n) is 13.0. The quantitative estimate of drug-likeness (QED) is 0.752. The Morgan fingerprint density at radius 3 is 2.90 bits per heavy atom. The third kappa shape index (κ3) is 3.37. The maximum absolute atomic E-state index is 12.3. The number of rotatable bonds is 1. The van der Waals surface area contributed by atoms with Crippen molar-refractivity contribution in [3.8, 4) is 0 Å². The molecular weight excluding hydrogens is 282 g/mol. The highest BCUT2D eigenvalue weighted by Gasteiger charge is 2.29. The fourth-order valence-corrected chi connectivity index (χ4v) is 4.66. The molecule has 2 bridgehead atoms. The van der Waals surface area contributed by atoms with Crippen LogP contribution in [0.25, 0.3) is 5.57 Å². The third-order valence-electron chi connectivity index (χ3n) is 3.88. The lowest BCUT2D eigenvalue weighted by Gasteiger charge is -2.33. The molecule has 0 saturated carbocycles. The minimum absolute atomic E-state index is 0.285. The molecule has 3 rings (SSSR count). The molecule has 2 atom stereocenters. The van der Waals surface area contributed by atoms with Gasteiger partial charge >= 0.3 is 6.09 Å². The van der Waals surface area contributed by atoms with Crippen LogP contribution in [0, 0.1) is 0 Å². The number of carbonyl (C=O) groups is 1. The van der Waals surface area contributed by atoms with Gasteiger partial charge in [0.2, 0.25) is 0 Å². The van der Waals surface area contributed by atoms with Gasteiger partial charge in [0.05, 0.1) is 5.69 Å². The lowest BCUT2D eigenvalue weighted by Crippen LogP contribution is -2.28. The summed E-state index contributed by atoms with van der Waals surface area (Å²) in [6.07, 6.45) is 8.83. The summed E-state index contributed by atoms with van der Waals surface area (Å²) in [5.41, 5.74) is 1.84. The van der Waals surface area contributed by atoms with Crippen molar-refractivity contribution in [2.45, 2.75) is 62.6 Å². The van der Waals surface area contributed by atoms with Gasteiger partial charge in [-0.2, -0.15) is 11.8 Å². The molecule has 0 spiro atoms. The fraction of sp³-hybridized carbons (Fsp3) is 0.588. The number of thioether (sulfide) groups is 1. The Bertz CT molecular complexity index is 568. The first-order chi connectivity index (χ1) is 9.92. The highest BCUT2D eigenvalue weighted by Crippen LogP contribution is 2.43. The Labute approximate surface area is 130 Å². The van der Waals surface area contributed by atoms with Gasteiger partial charge in [0, 0.05) is 16.7 Å². The van der Waals surface area contributed by atoms with Crippen LogP contribution < -0.4 is 0 Å². The SMILES string of the molecule is CC(C)(C)OC(=O)n1cccc1C1=CC2CCCC(C1)S2. The first kappa shape index (κ1) is 14.8. The Kier molecular flexibility index (Phi) is 3.91. The molecule has 1 fully saturated rings. The van der Waals surface area contributed by atoms with Crippen LogP contribution in [0.5, 0.6) is 0 Å². The van der Waals surface area contributed by atoms with Gasteiger partial charge in [-0.15, -0.1) is 0 Å². The molecule has 114 valence electrons. The molecule has 3 heterocycles. The van der Waals surface area contributed by atoms with Gasteiger partial charge in [-0.05, 0) is 57.7 Å². The molecular formula is C17H23NO2S. The molecule has 3 nitrogen and oxygen atoms in total.